The number of hydrogen-bond acceptors (Lipinski definition) is 1. The standard InChI is InChI=1S/C17H13O.BrH.Mg/c1-2-8-17(9-3-1)18-13-14-10-11-15-6-4-5-7-16(15)12-14;;/h1-2,4-12H,13H2;1H;/q-1;;+2/p-1. The first-order valence-electron chi connectivity index (χ1n) is 5.98. The second-order valence-electron chi connectivity index (χ2n) is 4.21. The summed E-state index contributed by atoms with van der Waals surface area (Å²) < 4.78 is 5.71. The van der Waals surface area contributed by atoms with Gasteiger partial charge in [0.2, 0.25) is 0 Å². The van der Waals surface area contributed by atoms with Crippen molar-refractivity contribution in [3.05, 3.63) is 78.4 Å². The Morgan fingerprint density at radius 2 is 1.70 bits per heavy atom. The number of fused-ring (bicyclic) bond motifs is 1. The van der Waals surface area contributed by atoms with Gasteiger partial charge in [0.05, 0.1) is 6.61 Å². The Kier molecular flexibility index (Phi) is 7.06. The van der Waals surface area contributed by atoms with Gasteiger partial charge < -0.3 is 21.7 Å². The summed E-state index contributed by atoms with van der Waals surface area (Å²) in [6.07, 6.45) is 0. The van der Waals surface area contributed by atoms with Crippen LogP contribution in [0.5, 0.6) is 5.75 Å². The van der Waals surface area contributed by atoms with Gasteiger partial charge >= 0.3 is 23.1 Å². The zero-order valence-corrected chi connectivity index (χ0v) is 14.1. The number of halogens is 1. The van der Waals surface area contributed by atoms with Crippen LogP contribution in [0.3, 0.4) is 0 Å². The molecule has 20 heavy (non-hydrogen) atoms. The van der Waals surface area contributed by atoms with Crippen LogP contribution in [-0.2, 0) is 6.61 Å². The maximum atomic E-state index is 5.71. The molecule has 0 amide bonds. The van der Waals surface area contributed by atoms with Crippen molar-refractivity contribution in [2.24, 2.45) is 0 Å². The maximum absolute atomic E-state index is 5.71. The summed E-state index contributed by atoms with van der Waals surface area (Å²) in [5.41, 5.74) is 1.18. The normalized spacial score (nSPS) is 9.40. The molecule has 3 aromatic rings. The Hall–Kier alpha value is -1.03. The predicted octanol–water partition coefficient (Wildman–Crippen LogP) is 0.842. The summed E-state index contributed by atoms with van der Waals surface area (Å²) in [7, 11) is 0. The topological polar surface area (TPSA) is 9.23 Å². The zero-order valence-electron chi connectivity index (χ0n) is 11.1. The SMILES string of the molecule is [Br-].[Mg+2].[c-]1cccc(OCc2ccc3ccccc3c2)c1. The number of hydrogen-bond donors (Lipinski definition) is 0. The van der Waals surface area contributed by atoms with Crippen molar-refractivity contribution < 1.29 is 21.7 Å². The van der Waals surface area contributed by atoms with E-state index in [1.54, 1.807) is 0 Å². The van der Waals surface area contributed by atoms with E-state index in [1.165, 1.54) is 16.3 Å². The van der Waals surface area contributed by atoms with Crippen molar-refractivity contribution >= 4 is 33.8 Å². The van der Waals surface area contributed by atoms with Crippen LogP contribution in [-0.4, -0.2) is 23.1 Å². The Balaban J connectivity index is 0.000001000. The molecular weight excluding hydrogens is 324 g/mol. The summed E-state index contributed by atoms with van der Waals surface area (Å²) in [5, 5.41) is 2.51. The number of rotatable bonds is 3. The number of ether oxygens (including phenoxy) is 1. The molecule has 0 aliphatic rings. The van der Waals surface area contributed by atoms with E-state index < -0.39 is 0 Å². The first-order valence-corrected chi connectivity index (χ1v) is 5.98. The Labute approximate surface area is 145 Å². The van der Waals surface area contributed by atoms with Crippen LogP contribution in [0, 0.1) is 6.07 Å². The summed E-state index contributed by atoms with van der Waals surface area (Å²) in [6.45, 7) is 0.586. The molecule has 0 heterocycles. The summed E-state index contributed by atoms with van der Waals surface area (Å²) in [6, 6.07) is 25.3. The molecule has 0 atom stereocenters. The van der Waals surface area contributed by atoms with Crippen molar-refractivity contribution in [3.8, 4) is 5.75 Å². The third-order valence-electron chi connectivity index (χ3n) is 2.90. The minimum Gasteiger partial charge on any atom is -1.00 e. The second kappa shape index (κ2) is 8.30. The molecule has 0 aromatic heterocycles. The Morgan fingerprint density at radius 3 is 2.45 bits per heavy atom. The minimum absolute atomic E-state index is 0. The molecule has 3 rings (SSSR count). The van der Waals surface area contributed by atoms with Crippen molar-refractivity contribution in [2.45, 2.75) is 6.61 Å². The molecule has 0 unspecified atom stereocenters. The van der Waals surface area contributed by atoms with E-state index in [1.807, 2.05) is 24.3 Å². The fourth-order valence-corrected chi connectivity index (χ4v) is 1.96. The molecule has 1 nitrogen and oxygen atoms in total. The second-order valence-corrected chi connectivity index (χ2v) is 4.21. The zero-order chi connectivity index (χ0) is 12.2. The average molecular weight is 337 g/mol. The molecule has 3 heteroatoms. The largest absolute Gasteiger partial charge is 2.00 e. The van der Waals surface area contributed by atoms with Crippen LogP contribution in [0.2, 0.25) is 0 Å². The van der Waals surface area contributed by atoms with Gasteiger partial charge in [-0.3, -0.25) is 0 Å². The van der Waals surface area contributed by atoms with Gasteiger partial charge in [0.1, 0.15) is 0 Å². The van der Waals surface area contributed by atoms with Gasteiger partial charge in [0, 0.05) is 5.75 Å². The molecule has 0 saturated heterocycles. The van der Waals surface area contributed by atoms with E-state index >= 15 is 0 Å². The molecular formula is C17H13BrMgO. The third kappa shape index (κ3) is 4.23. The van der Waals surface area contributed by atoms with Crippen LogP contribution in [0.1, 0.15) is 5.56 Å². The molecule has 0 N–H and O–H groups in total. The first-order chi connectivity index (χ1) is 8.92. The molecule has 0 bridgehead atoms. The van der Waals surface area contributed by atoms with Gasteiger partial charge in [-0.1, -0.05) is 36.4 Å². The van der Waals surface area contributed by atoms with E-state index in [9.17, 15) is 0 Å². The molecule has 0 fully saturated rings. The molecule has 0 saturated carbocycles. The van der Waals surface area contributed by atoms with E-state index in [2.05, 4.69) is 48.5 Å². The molecule has 0 aliphatic carbocycles. The van der Waals surface area contributed by atoms with Crippen LogP contribution >= 0.6 is 0 Å². The van der Waals surface area contributed by atoms with Crippen molar-refractivity contribution in [1.82, 2.24) is 0 Å². The summed E-state index contributed by atoms with van der Waals surface area (Å²) >= 11 is 0. The fourth-order valence-electron chi connectivity index (χ4n) is 1.96. The van der Waals surface area contributed by atoms with E-state index in [-0.39, 0.29) is 40.0 Å². The minimum atomic E-state index is 0. The predicted molar refractivity (Wildman–Crippen MR) is 79.3 cm³/mol. The monoisotopic (exact) mass is 336 g/mol. The van der Waals surface area contributed by atoms with E-state index in [0.29, 0.717) is 6.61 Å². The smallest absolute Gasteiger partial charge is 1.00 e. The Bertz CT molecular complexity index is 655. The van der Waals surface area contributed by atoms with Crippen molar-refractivity contribution in [1.29, 1.82) is 0 Å². The van der Waals surface area contributed by atoms with Crippen LogP contribution < -0.4 is 21.7 Å². The number of benzene rings is 3. The molecule has 0 spiro atoms. The van der Waals surface area contributed by atoms with Crippen LogP contribution in [0.15, 0.2) is 66.7 Å². The van der Waals surface area contributed by atoms with Crippen LogP contribution in [0.4, 0.5) is 0 Å². The summed E-state index contributed by atoms with van der Waals surface area (Å²) in [4.78, 5) is 0. The third-order valence-corrected chi connectivity index (χ3v) is 2.90. The first kappa shape index (κ1) is 17.0. The van der Waals surface area contributed by atoms with E-state index in [4.69, 9.17) is 4.74 Å². The van der Waals surface area contributed by atoms with Crippen molar-refractivity contribution in [2.75, 3.05) is 0 Å². The van der Waals surface area contributed by atoms with Crippen LogP contribution in [0.25, 0.3) is 10.8 Å². The van der Waals surface area contributed by atoms with Crippen molar-refractivity contribution in [3.63, 3.8) is 0 Å². The van der Waals surface area contributed by atoms with Gasteiger partial charge in [0.15, 0.2) is 0 Å². The Morgan fingerprint density at radius 1 is 0.900 bits per heavy atom. The van der Waals surface area contributed by atoms with Gasteiger partial charge in [-0.15, -0.1) is 12.1 Å². The van der Waals surface area contributed by atoms with Gasteiger partial charge in [-0.25, -0.2) is 0 Å². The van der Waals surface area contributed by atoms with E-state index in [0.717, 1.165) is 5.75 Å². The van der Waals surface area contributed by atoms with Gasteiger partial charge in [-0.2, -0.15) is 18.2 Å². The quantitative estimate of drug-likeness (QED) is 0.508. The summed E-state index contributed by atoms with van der Waals surface area (Å²) in [5.74, 6) is 0.852. The molecule has 0 aliphatic heterocycles. The molecule has 96 valence electrons. The maximum Gasteiger partial charge on any atom is 2.00 e. The molecule has 3 aromatic carbocycles. The van der Waals surface area contributed by atoms with Gasteiger partial charge in [-0.05, 0) is 22.4 Å². The average Bonchev–Trinajstić information content (AvgIpc) is 2.46. The molecule has 0 radical (unpaired) electrons. The fraction of sp³-hybridized carbons (Fsp3) is 0.0588. The van der Waals surface area contributed by atoms with Gasteiger partial charge in [0.25, 0.3) is 0 Å².